The van der Waals surface area contributed by atoms with Gasteiger partial charge in [-0.25, -0.2) is 0 Å². The first-order valence-electron chi connectivity index (χ1n) is 4.40. The molecule has 0 amide bonds. The number of aliphatic carboxylic acids is 1. The number of carbonyl (C=O) groups is 2. The van der Waals surface area contributed by atoms with Gasteiger partial charge in [-0.05, 0) is 6.42 Å². The Labute approximate surface area is 72.8 Å². The molecule has 0 aromatic heterocycles. The summed E-state index contributed by atoms with van der Waals surface area (Å²) in [6.07, 6.45) is 3.76. The molecule has 3 nitrogen and oxygen atoms in total. The highest BCUT2D eigenvalue weighted by Gasteiger charge is 2.04. The lowest BCUT2D eigenvalue weighted by atomic mass is 10.1. The van der Waals surface area contributed by atoms with Gasteiger partial charge in [-0.3, -0.25) is 9.59 Å². The van der Waals surface area contributed by atoms with Crippen molar-refractivity contribution < 1.29 is 14.7 Å². The molecule has 0 atom stereocenters. The second-order valence-electron chi connectivity index (χ2n) is 2.89. The fourth-order valence-corrected chi connectivity index (χ4v) is 0.944. The summed E-state index contributed by atoms with van der Waals surface area (Å²) in [5.41, 5.74) is 0. The van der Waals surface area contributed by atoms with Gasteiger partial charge in [-0.1, -0.05) is 19.8 Å². The van der Waals surface area contributed by atoms with E-state index in [0.717, 1.165) is 19.3 Å². The Morgan fingerprint density at radius 2 is 1.75 bits per heavy atom. The van der Waals surface area contributed by atoms with Crippen molar-refractivity contribution in [2.75, 3.05) is 0 Å². The summed E-state index contributed by atoms with van der Waals surface area (Å²) in [6, 6.07) is 0. The van der Waals surface area contributed by atoms with E-state index in [-0.39, 0.29) is 18.6 Å². The first-order chi connectivity index (χ1) is 5.66. The molecule has 0 unspecified atom stereocenters. The number of hydrogen-bond acceptors (Lipinski definition) is 2. The largest absolute Gasteiger partial charge is 0.481 e. The second kappa shape index (κ2) is 6.83. The summed E-state index contributed by atoms with van der Waals surface area (Å²) >= 11 is 0. The molecule has 0 aliphatic rings. The molecule has 0 saturated heterocycles. The van der Waals surface area contributed by atoms with E-state index in [1.807, 2.05) is 0 Å². The summed E-state index contributed by atoms with van der Waals surface area (Å²) in [5.74, 6) is -0.815. The molecule has 0 aliphatic carbocycles. The third-order valence-electron chi connectivity index (χ3n) is 1.68. The minimum Gasteiger partial charge on any atom is -0.481 e. The fourth-order valence-electron chi connectivity index (χ4n) is 0.944. The van der Waals surface area contributed by atoms with E-state index >= 15 is 0 Å². The van der Waals surface area contributed by atoms with Gasteiger partial charge in [0.05, 0.1) is 6.42 Å². The minimum atomic E-state index is -0.890. The molecule has 0 heterocycles. The molecule has 0 radical (unpaired) electrons. The number of carbonyl (C=O) groups excluding carboxylic acids is 1. The summed E-state index contributed by atoms with van der Waals surface area (Å²) in [7, 11) is 0. The van der Waals surface area contributed by atoms with Crippen molar-refractivity contribution in [1.82, 2.24) is 0 Å². The molecule has 0 aromatic carbocycles. The highest BCUT2D eigenvalue weighted by Crippen LogP contribution is 2.03. The number of Topliss-reactive ketones (excluding diaryl/α,β-unsaturated/α-hetero) is 1. The quantitative estimate of drug-likeness (QED) is 0.597. The Morgan fingerprint density at radius 3 is 2.25 bits per heavy atom. The average Bonchev–Trinajstić information content (AvgIpc) is 2.01. The molecule has 0 fully saturated rings. The fraction of sp³-hybridized carbons (Fsp3) is 0.778. The van der Waals surface area contributed by atoms with Crippen molar-refractivity contribution in [2.24, 2.45) is 0 Å². The maximum Gasteiger partial charge on any atom is 0.303 e. The number of carboxylic acid groups (broad SMARTS) is 1. The summed E-state index contributed by atoms with van der Waals surface area (Å²) in [5, 5.41) is 8.28. The van der Waals surface area contributed by atoms with Crippen molar-refractivity contribution in [3.05, 3.63) is 0 Å². The third kappa shape index (κ3) is 7.25. The zero-order chi connectivity index (χ0) is 9.40. The van der Waals surface area contributed by atoms with E-state index in [0.29, 0.717) is 6.42 Å². The minimum absolute atomic E-state index is 0.0229. The Kier molecular flexibility index (Phi) is 6.34. The van der Waals surface area contributed by atoms with Crippen LogP contribution in [0.25, 0.3) is 0 Å². The predicted octanol–water partition coefficient (Wildman–Crippen LogP) is 2.00. The summed E-state index contributed by atoms with van der Waals surface area (Å²) in [4.78, 5) is 21.0. The summed E-state index contributed by atoms with van der Waals surface area (Å²) in [6.45, 7) is 2.07. The van der Waals surface area contributed by atoms with Crippen LogP contribution in [0, 0.1) is 0 Å². The monoisotopic (exact) mass is 172 g/mol. The SMILES string of the molecule is CCCCCC(=O)CCC(=O)O. The van der Waals surface area contributed by atoms with Gasteiger partial charge < -0.3 is 5.11 Å². The van der Waals surface area contributed by atoms with Crippen LogP contribution < -0.4 is 0 Å². The van der Waals surface area contributed by atoms with Crippen LogP contribution in [0.1, 0.15) is 45.4 Å². The van der Waals surface area contributed by atoms with Crippen LogP contribution in [0.4, 0.5) is 0 Å². The van der Waals surface area contributed by atoms with Gasteiger partial charge >= 0.3 is 5.97 Å². The molecule has 70 valence electrons. The first kappa shape index (κ1) is 11.1. The van der Waals surface area contributed by atoms with E-state index in [4.69, 9.17) is 5.11 Å². The zero-order valence-corrected chi connectivity index (χ0v) is 7.51. The Bertz CT molecular complexity index is 152. The van der Waals surface area contributed by atoms with Crippen LogP contribution >= 0.6 is 0 Å². The molecule has 0 aromatic rings. The standard InChI is InChI=1S/C9H16O3/c1-2-3-4-5-8(10)6-7-9(11)12/h2-7H2,1H3,(H,11,12). The average molecular weight is 172 g/mol. The number of ketones is 1. The number of unbranched alkanes of at least 4 members (excludes halogenated alkanes) is 2. The van der Waals surface area contributed by atoms with Gasteiger partial charge in [-0.2, -0.15) is 0 Å². The topological polar surface area (TPSA) is 54.4 Å². The van der Waals surface area contributed by atoms with Crippen LogP contribution in [0.2, 0.25) is 0 Å². The lowest BCUT2D eigenvalue weighted by Gasteiger charge is -1.97. The Balaban J connectivity index is 3.28. The van der Waals surface area contributed by atoms with E-state index < -0.39 is 5.97 Å². The van der Waals surface area contributed by atoms with Gasteiger partial charge in [-0.15, -0.1) is 0 Å². The zero-order valence-electron chi connectivity index (χ0n) is 7.51. The molecule has 0 saturated carbocycles. The van der Waals surface area contributed by atoms with Crippen LogP contribution in [0.5, 0.6) is 0 Å². The van der Waals surface area contributed by atoms with Gasteiger partial charge in [0.2, 0.25) is 0 Å². The predicted molar refractivity (Wildman–Crippen MR) is 46.0 cm³/mol. The summed E-state index contributed by atoms with van der Waals surface area (Å²) < 4.78 is 0. The lowest BCUT2D eigenvalue weighted by molar-refractivity contribution is -0.138. The third-order valence-corrected chi connectivity index (χ3v) is 1.68. The number of carboxylic acids is 1. The molecule has 12 heavy (non-hydrogen) atoms. The van der Waals surface area contributed by atoms with Crippen molar-refractivity contribution in [1.29, 1.82) is 0 Å². The van der Waals surface area contributed by atoms with Gasteiger partial charge in [0, 0.05) is 12.8 Å². The molecular weight excluding hydrogens is 156 g/mol. The lowest BCUT2D eigenvalue weighted by Crippen LogP contribution is -2.02. The Morgan fingerprint density at radius 1 is 1.08 bits per heavy atom. The van der Waals surface area contributed by atoms with E-state index in [1.165, 1.54) is 0 Å². The van der Waals surface area contributed by atoms with Crippen molar-refractivity contribution in [3.63, 3.8) is 0 Å². The van der Waals surface area contributed by atoms with Crippen LogP contribution in [0.3, 0.4) is 0 Å². The van der Waals surface area contributed by atoms with E-state index in [9.17, 15) is 9.59 Å². The molecule has 0 rings (SSSR count). The van der Waals surface area contributed by atoms with Crippen molar-refractivity contribution in [3.8, 4) is 0 Å². The van der Waals surface area contributed by atoms with Gasteiger partial charge in [0.1, 0.15) is 5.78 Å². The highest BCUT2D eigenvalue weighted by atomic mass is 16.4. The molecule has 1 N–H and O–H groups in total. The molecule has 0 bridgehead atoms. The number of hydrogen-bond donors (Lipinski definition) is 1. The van der Waals surface area contributed by atoms with Crippen molar-refractivity contribution >= 4 is 11.8 Å². The van der Waals surface area contributed by atoms with Crippen LogP contribution in [-0.2, 0) is 9.59 Å². The van der Waals surface area contributed by atoms with Gasteiger partial charge in [0.25, 0.3) is 0 Å². The van der Waals surface area contributed by atoms with E-state index in [2.05, 4.69) is 6.92 Å². The van der Waals surface area contributed by atoms with Crippen LogP contribution in [0.15, 0.2) is 0 Å². The Hall–Kier alpha value is -0.860. The second-order valence-corrected chi connectivity index (χ2v) is 2.89. The molecular formula is C9H16O3. The van der Waals surface area contributed by atoms with Crippen LogP contribution in [-0.4, -0.2) is 16.9 Å². The van der Waals surface area contributed by atoms with Crippen molar-refractivity contribution in [2.45, 2.75) is 45.4 Å². The first-order valence-corrected chi connectivity index (χ1v) is 4.40. The van der Waals surface area contributed by atoms with Gasteiger partial charge in [0.15, 0.2) is 0 Å². The maximum absolute atomic E-state index is 11.0. The van der Waals surface area contributed by atoms with E-state index in [1.54, 1.807) is 0 Å². The molecule has 0 spiro atoms. The normalized spacial score (nSPS) is 9.75. The highest BCUT2D eigenvalue weighted by molar-refractivity contribution is 5.82. The molecule has 3 heteroatoms. The number of rotatable bonds is 7. The maximum atomic E-state index is 11.0. The molecule has 0 aliphatic heterocycles. The smallest absolute Gasteiger partial charge is 0.303 e.